The number of halogens is 1. The lowest BCUT2D eigenvalue weighted by Gasteiger charge is -2.12. The molecule has 2 aromatic rings. The fourth-order valence-electron chi connectivity index (χ4n) is 2.45. The molecule has 1 unspecified atom stereocenters. The van der Waals surface area contributed by atoms with Crippen LogP contribution in [0.1, 0.15) is 28.1 Å². The van der Waals surface area contributed by atoms with E-state index < -0.39 is 0 Å². The largest absolute Gasteiger partial charge is 0.377 e. The standard InChI is InChI=1S/C17H18BrNO2S2/c18-12-8-14(22-10-12)9-19-17(20)15-5-1-2-6-16(15)23-11-13-4-3-7-21-13/h1-2,5-6,8,10,13H,3-4,7,9,11H2,(H,19,20). The molecule has 1 saturated heterocycles. The number of thioether (sulfide) groups is 1. The molecule has 122 valence electrons. The molecule has 0 radical (unpaired) electrons. The molecule has 1 N–H and O–H groups in total. The Balaban J connectivity index is 1.60. The van der Waals surface area contributed by atoms with E-state index in [0.717, 1.165) is 45.0 Å². The van der Waals surface area contributed by atoms with Gasteiger partial charge in [0.2, 0.25) is 0 Å². The van der Waals surface area contributed by atoms with Gasteiger partial charge in [0, 0.05) is 32.0 Å². The Labute approximate surface area is 152 Å². The monoisotopic (exact) mass is 411 g/mol. The van der Waals surface area contributed by atoms with Gasteiger partial charge >= 0.3 is 0 Å². The van der Waals surface area contributed by atoms with Gasteiger partial charge in [0.25, 0.3) is 5.91 Å². The van der Waals surface area contributed by atoms with Crippen molar-refractivity contribution in [1.29, 1.82) is 0 Å². The first-order chi connectivity index (χ1) is 11.2. The van der Waals surface area contributed by atoms with E-state index in [1.165, 1.54) is 0 Å². The van der Waals surface area contributed by atoms with Crippen LogP contribution in [0.5, 0.6) is 0 Å². The number of hydrogen-bond acceptors (Lipinski definition) is 4. The molecule has 0 spiro atoms. The molecular weight excluding hydrogens is 394 g/mol. The molecule has 0 bridgehead atoms. The molecule has 3 rings (SSSR count). The average molecular weight is 412 g/mol. The van der Waals surface area contributed by atoms with Gasteiger partial charge in [0.15, 0.2) is 0 Å². The molecule has 0 aliphatic carbocycles. The van der Waals surface area contributed by atoms with Crippen LogP contribution in [0.2, 0.25) is 0 Å². The maximum Gasteiger partial charge on any atom is 0.252 e. The first-order valence-electron chi connectivity index (χ1n) is 7.57. The number of hydrogen-bond donors (Lipinski definition) is 1. The highest BCUT2D eigenvalue weighted by Crippen LogP contribution is 2.27. The van der Waals surface area contributed by atoms with Crippen LogP contribution in [-0.2, 0) is 11.3 Å². The van der Waals surface area contributed by atoms with Crippen molar-refractivity contribution in [3.63, 3.8) is 0 Å². The zero-order chi connectivity index (χ0) is 16.1. The second-order valence-corrected chi connectivity index (χ2v) is 8.33. The molecule has 6 heteroatoms. The van der Waals surface area contributed by atoms with Crippen molar-refractivity contribution >= 4 is 44.9 Å². The normalized spacial score (nSPS) is 17.3. The van der Waals surface area contributed by atoms with E-state index in [4.69, 9.17) is 4.74 Å². The van der Waals surface area contributed by atoms with E-state index in [2.05, 4.69) is 21.2 Å². The van der Waals surface area contributed by atoms with Crippen LogP contribution in [0.4, 0.5) is 0 Å². The molecule has 3 nitrogen and oxygen atoms in total. The van der Waals surface area contributed by atoms with E-state index in [0.29, 0.717) is 12.6 Å². The summed E-state index contributed by atoms with van der Waals surface area (Å²) < 4.78 is 6.71. The second kappa shape index (κ2) is 8.33. The van der Waals surface area contributed by atoms with Crippen molar-refractivity contribution in [3.05, 3.63) is 50.6 Å². The summed E-state index contributed by atoms with van der Waals surface area (Å²) in [7, 11) is 0. The summed E-state index contributed by atoms with van der Waals surface area (Å²) in [6.45, 7) is 1.42. The Morgan fingerprint density at radius 1 is 1.43 bits per heavy atom. The molecule has 1 amide bonds. The van der Waals surface area contributed by atoms with E-state index in [-0.39, 0.29) is 5.91 Å². The first kappa shape index (κ1) is 17.0. The number of ether oxygens (including phenoxy) is 1. The van der Waals surface area contributed by atoms with Crippen LogP contribution in [0.25, 0.3) is 0 Å². The average Bonchev–Trinajstić information content (AvgIpc) is 3.22. The number of rotatable bonds is 6. The summed E-state index contributed by atoms with van der Waals surface area (Å²) in [6, 6.07) is 9.81. The van der Waals surface area contributed by atoms with Crippen LogP contribution in [-0.4, -0.2) is 24.4 Å². The summed E-state index contributed by atoms with van der Waals surface area (Å²) in [4.78, 5) is 14.6. The fourth-order valence-corrected chi connectivity index (χ4v) is 4.96. The van der Waals surface area contributed by atoms with Crippen LogP contribution in [0, 0.1) is 0 Å². The molecule has 23 heavy (non-hydrogen) atoms. The summed E-state index contributed by atoms with van der Waals surface area (Å²) in [6.07, 6.45) is 2.58. The molecular formula is C17H18BrNO2S2. The maximum atomic E-state index is 12.5. The molecule has 0 saturated carbocycles. The van der Waals surface area contributed by atoms with Crippen LogP contribution in [0.3, 0.4) is 0 Å². The van der Waals surface area contributed by atoms with E-state index in [9.17, 15) is 4.79 Å². The topological polar surface area (TPSA) is 38.3 Å². The lowest BCUT2D eigenvalue weighted by molar-refractivity contribution is 0.0948. The minimum atomic E-state index is -0.0232. The lowest BCUT2D eigenvalue weighted by atomic mass is 10.2. The van der Waals surface area contributed by atoms with Crippen molar-refractivity contribution < 1.29 is 9.53 Å². The Morgan fingerprint density at radius 3 is 3.04 bits per heavy atom. The molecule has 1 aromatic carbocycles. The van der Waals surface area contributed by atoms with Gasteiger partial charge in [-0.2, -0.15) is 0 Å². The summed E-state index contributed by atoms with van der Waals surface area (Å²) in [5, 5.41) is 5.02. The van der Waals surface area contributed by atoms with E-state index in [1.807, 2.05) is 35.7 Å². The van der Waals surface area contributed by atoms with Crippen molar-refractivity contribution in [2.24, 2.45) is 0 Å². The summed E-state index contributed by atoms with van der Waals surface area (Å²) in [5.41, 5.74) is 0.742. The van der Waals surface area contributed by atoms with Gasteiger partial charge in [-0.05, 0) is 47.0 Å². The van der Waals surface area contributed by atoms with Gasteiger partial charge in [0.1, 0.15) is 0 Å². The molecule has 1 fully saturated rings. The summed E-state index contributed by atoms with van der Waals surface area (Å²) >= 11 is 6.77. The van der Waals surface area contributed by atoms with Crippen molar-refractivity contribution in [2.75, 3.05) is 12.4 Å². The van der Waals surface area contributed by atoms with Crippen LogP contribution < -0.4 is 5.32 Å². The van der Waals surface area contributed by atoms with Gasteiger partial charge in [-0.3, -0.25) is 4.79 Å². The Kier molecular flexibility index (Phi) is 6.16. The number of carbonyl (C=O) groups is 1. The Hall–Kier alpha value is -0.820. The van der Waals surface area contributed by atoms with Gasteiger partial charge in [0.05, 0.1) is 18.2 Å². The minimum Gasteiger partial charge on any atom is -0.377 e. The lowest BCUT2D eigenvalue weighted by Crippen LogP contribution is -2.23. The highest BCUT2D eigenvalue weighted by molar-refractivity contribution is 9.10. The molecule has 2 heterocycles. The van der Waals surface area contributed by atoms with Crippen LogP contribution >= 0.6 is 39.0 Å². The SMILES string of the molecule is O=C(NCc1cc(Br)cs1)c1ccccc1SCC1CCCO1. The third-order valence-corrected chi connectivity index (χ3v) is 6.53. The molecule has 1 aromatic heterocycles. The highest BCUT2D eigenvalue weighted by Gasteiger charge is 2.17. The number of thiophene rings is 1. The third-order valence-electron chi connectivity index (χ3n) is 3.63. The number of carbonyl (C=O) groups excluding carboxylic acids is 1. The second-order valence-electron chi connectivity index (χ2n) is 5.36. The smallest absolute Gasteiger partial charge is 0.252 e. The predicted molar refractivity (Wildman–Crippen MR) is 99.3 cm³/mol. The van der Waals surface area contributed by atoms with Crippen molar-refractivity contribution in [1.82, 2.24) is 5.32 Å². The maximum absolute atomic E-state index is 12.5. The number of benzene rings is 1. The van der Waals surface area contributed by atoms with E-state index in [1.54, 1.807) is 23.1 Å². The number of nitrogens with one attached hydrogen (secondary N) is 1. The van der Waals surface area contributed by atoms with Gasteiger partial charge in [-0.25, -0.2) is 0 Å². The quantitative estimate of drug-likeness (QED) is 0.699. The van der Waals surface area contributed by atoms with Crippen LogP contribution in [0.15, 0.2) is 45.1 Å². The molecule has 1 aliphatic rings. The van der Waals surface area contributed by atoms with Crippen molar-refractivity contribution in [2.45, 2.75) is 30.4 Å². The van der Waals surface area contributed by atoms with Crippen molar-refractivity contribution in [3.8, 4) is 0 Å². The first-order valence-corrected chi connectivity index (χ1v) is 10.2. The zero-order valence-corrected chi connectivity index (χ0v) is 15.8. The molecule has 1 atom stereocenters. The fraction of sp³-hybridized carbons (Fsp3) is 0.353. The van der Waals surface area contributed by atoms with Gasteiger partial charge < -0.3 is 10.1 Å². The van der Waals surface area contributed by atoms with Gasteiger partial charge in [-0.1, -0.05) is 12.1 Å². The van der Waals surface area contributed by atoms with Gasteiger partial charge in [-0.15, -0.1) is 23.1 Å². The zero-order valence-electron chi connectivity index (χ0n) is 12.6. The van der Waals surface area contributed by atoms with E-state index >= 15 is 0 Å². The minimum absolute atomic E-state index is 0.0232. The highest BCUT2D eigenvalue weighted by atomic mass is 79.9. The third kappa shape index (κ3) is 4.83. The molecule has 1 aliphatic heterocycles. The summed E-state index contributed by atoms with van der Waals surface area (Å²) in [5.74, 6) is 0.882. The number of amides is 1. The predicted octanol–water partition coefficient (Wildman–Crippen LogP) is 4.71. The Morgan fingerprint density at radius 2 is 2.30 bits per heavy atom. The Bertz CT molecular complexity index is 668.